The average Bonchev–Trinajstić information content (AvgIpc) is 1.85. The van der Waals surface area contributed by atoms with Crippen LogP contribution in [-0.4, -0.2) is 16.6 Å². The second-order valence-electron chi connectivity index (χ2n) is 3.39. The van der Waals surface area contributed by atoms with E-state index >= 15 is 0 Å². The summed E-state index contributed by atoms with van der Waals surface area (Å²) in [5.74, 6) is -1.08. The molecule has 3 heteroatoms. The Hall–Kier alpha value is -0.570. The summed E-state index contributed by atoms with van der Waals surface area (Å²) in [5.41, 5.74) is 5.49. The Morgan fingerprint density at radius 1 is 1.73 bits per heavy atom. The molecule has 3 nitrogen and oxygen atoms in total. The Balaban J connectivity index is 2.60. The number of carbonyl (C=O) groups is 1. The number of carboxylic acid groups (broad SMARTS) is 1. The summed E-state index contributed by atoms with van der Waals surface area (Å²) in [6, 6.07) is 0. The molecule has 1 aliphatic carbocycles. The van der Waals surface area contributed by atoms with Gasteiger partial charge in [-0.2, -0.15) is 0 Å². The van der Waals surface area contributed by atoms with Crippen molar-refractivity contribution >= 4 is 5.97 Å². The van der Waals surface area contributed by atoms with Gasteiger partial charge in [-0.15, -0.1) is 0 Å². The number of nitrogens with two attached hydrogens (primary N) is 1. The van der Waals surface area contributed by atoms with E-state index in [0.29, 0.717) is 6.42 Å². The van der Waals surface area contributed by atoms with E-state index in [9.17, 15) is 4.79 Å². The normalized spacial score (nSPS) is 23.8. The smallest absolute Gasteiger partial charge is 0.308 e. The van der Waals surface area contributed by atoms with Crippen molar-refractivity contribution in [3.63, 3.8) is 0 Å². The number of carboxylic acids is 1. The second kappa shape index (κ2) is 2.81. The van der Waals surface area contributed by atoms with Crippen molar-refractivity contribution in [1.29, 1.82) is 0 Å². The highest BCUT2D eigenvalue weighted by Crippen LogP contribution is 2.37. The maximum absolute atomic E-state index is 10.7. The van der Waals surface area contributed by atoms with Gasteiger partial charge >= 0.3 is 5.97 Å². The van der Waals surface area contributed by atoms with Gasteiger partial charge in [0.05, 0.1) is 5.92 Å². The molecular formula is C8H15NO2. The van der Waals surface area contributed by atoms with Crippen LogP contribution in [0.25, 0.3) is 0 Å². The molecule has 1 atom stereocenters. The largest absolute Gasteiger partial charge is 0.481 e. The van der Waals surface area contributed by atoms with E-state index in [2.05, 4.69) is 0 Å². The van der Waals surface area contributed by atoms with E-state index in [1.807, 2.05) is 6.92 Å². The molecule has 0 aromatic carbocycles. The predicted molar refractivity (Wildman–Crippen MR) is 42.2 cm³/mol. The Morgan fingerprint density at radius 2 is 2.27 bits per heavy atom. The van der Waals surface area contributed by atoms with Crippen LogP contribution >= 0.6 is 0 Å². The number of aliphatic carboxylic acids is 1. The van der Waals surface area contributed by atoms with E-state index < -0.39 is 5.97 Å². The Labute approximate surface area is 66.6 Å². The van der Waals surface area contributed by atoms with Gasteiger partial charge < -0.3 is 10.8 Å². The maximum atomic E-state index is 10.7. The predicted octanol–water partition coefficient (Wildman–Crippen LogP) is 0.979. The highest BCUT2D eigenvalue weighted by molar-refractivity contribution is 5.72. The maximum Gasteiger partial charge on any atom is 0.308 e. The van der Waals surface area contributed by atoms with Crippen LogP contribution in [0.3, 0.4) is 0 Å². The van der Waals surface area contributed by atoms with Crippen LogP contribution in [0.15, 0.2) is 0 Å². The molecule has 64 valence electrons. The Morgan fingerprint density at radius 3 is 2.36 bits per heavy atom. The van der Waals surface area contributed by atoms with Crippen molar-refractivity contribution in [1.82, 2.24) is 0 Å². The lowest BCUT2D eigenvalue weighted by atomic mass is 9.68. The zero-order valence-corrected chi connectivity index (χ0v) is 6.84. The fourth-order valence-corrected chi connectivity index (χ4v) is 1.76. The molecule has 1 rings (SSSR count). The van der Waals surface area contributed by atoms with E-state index in [1.165, 1.54) is 0 Å². The molecule has 3 N–H and O–H groups in total. The third-order valence-corrected chi connectivity index (χ3v) is 2.68. The summed E-state index contributed by atoms with van der Waals surface area (Å²) < 4.78 is 0. The summed E-state index contributed by atoms with van der Waals surface area (Å²) in [6.45, 7) is 1.88. The van der Waals surface area contributed by atoms with Crippen molar-refractivity contribution in [2.24, 2.45) is 11.7 Å². The van der Waals surface area contributed by atoms with E-state index in [4.69, 9.17) is 10.8 Å². The fraction of sp³-hybridized carbons (Fsp3) is 0.875. The molecule has 0 aromatic heterocycles. The van der Waals surface area contributed by atoms with Gasteiger partial charge in [-0.25, -0.2) is 0 Å². The molecule has 0 heterocycles. The zero-order valence-electron chi connectivity index (χ0n) is 6.84. The molecule has 0 saturated heterocycles. The molecule has 0 aliphatic heterocycles. The molecular weight excluding hydrogens is 142 g/mol. The van der Waals surface area contributed by atoms with Crippen LogP contribution in [0, 0.1) is 5.92 Å². The van der Waals surface area contributed by atoms with Gasteiger partial charge in [0.1, 0.15) is 0 Å². The minimum atomic E-state index is -0.741. The van der Waals surface area contributed by atoms with Crippen molar-refractivity contribution in [2.45, 2.75) is 38.1 Å². The van der Waals surface area contributed by atoms with Crippen molar-refractivity contribution in [3.8, 4) is 0 Å². The number of hydrogen-bond donors (Lipinski definition) is 2. The summed E-state index contributed by atoms with van der Waals surface area (Å²) in [6.07, 6.45) is 3.47. The highest BCUT2D eigenvalue weighted by Gasteiger charge is 2.43. The summed E-state index contributed by atoms with van der Waals surface area (Å²) in [5, 5.41) is 8.79. The summed E-state index contributed by atoms with van der Waals surface area (Å²) >= 11 is 0. The highest BCUT2D eigenvalue weighted by atomic mass is 16.4. The molecule has 0 amide bonds. The first-order valence-corrected chi connectivity index (χ1v) is 4.12. The van der Waals surface area contributed by atoms with Crippen molar-refractivity contribution < 1.29 is 9.90 Å². The quantitative estimate of drug-likeness (QED) is 0.641. The third-order valence-electron chi connectivity index (χ3n) is 2.68. The summed E-state index contributed by atoms with van der Waals surface area (Å²) in [7, 11) is 0. The molecule has 0 aromatic rings. The molecule has 1 aliphatic rings. The van der Waals surface area contributed by atoms with Gasteiger partial charge in [0.15, 0.2) is 0 Å². The molecule has 1 unspecified atom stereocenters. The monoisotopic (exact) mass is 157 g/mol. The van der Waals surface area contributed by atoms with E-state index in [-0.39, 0.29) is 11.5 Å². The van der Waals surface area contributed by atoms with Crippen LogP contribution in [-0.2, 0) is 4.79 Å². The van der Waals surface area contributed by atoms with Crippen LogP contribution in [0.5, 0.6) is 0 Å². The van der Waals surface area contributed by atoms with Crippen LogP contribution in [0.1, 0.15) is 32.6 Å². The lowest BCUT2D eigenvalue weighted by molar-refractivity contribution is -0.145. The van der Waals surface area contributed by atoms with Gasteiger partial charge in [-0.05, 0) is 25.7 Å². The SMILES string of the molecule is CCC(C(=O)O)C1(N)CCC1. The van der Waals surface area contributed by atoms with Gasteiger partial charge in [0.2, 0.25) is 0 Å². The van der Waals surface area contributed by atoms with Gasteiger partial charge in [0, 0.05) is 5.54 Å². The standard InChI is InChI=1S/C8H15NO2/c1-2-6(7(10)11)8(9)4-3-5-8/h6H,2-5,9H2,1H3,(H,10,11). The molecule has 1 saturated carbocycles. The van der Waals surface area contributed by atoms with Crippen LogP contribution in [0.2, 0.25) is 0 Å². The van der Waals surface area contributed by atoms with E-state index in [0.717, 1.165) is 19.3 Å². The molecule has 0 bridgehead atoms. The third kappa shape index (κ3) is 1.38. The first-order chi connectivity index (χ1) is 5.10. The molecule has 1 fully saturated rings. The average molecular weight is 157 g/mol. The fourth-order valence-electron chi connectivity index (χ4n) is 1.76. The zero-order chi connectivity index (χ0) is 8.48. The topological polar surface area (TPSA) is 63.3 Å². The van der Waals surface area contributed by atoms with Gasteiger partial charge in [0.25, 0.3) is 0 Å². The van der Waals surface area contributed by atoms with Crippen LogP contribution < -0.4 is 5.73 Å². The lowest BCUT2D eigenvalue weighted by Crippen LogP contribution is -2.55. The first kappa shape index (κ1) is 8.53. The Kier molecular flexibility index (Phi) is 2.18. The minimum Gasteiger partial charge on any atom is -0.481 e. The van der Waals surface area contributed by atoms with Gasteiger partial charge in [-0.1, -0.05) is 6.92 Å². The van der Waals surface area contributed by atoms with Crippen molar-refractivity contribution in [3.05, 3.63) is 0 Å². The Bertz CT molecular complexity index is 163. The van der Waals surface area contributed by atoms with E-state index in [1.54, 1.807) is 0 Å². The van der Waals surface area contributed by atoms with Gasteiger partial charge in [-0.3, -0.25) is 4.79 Å². The molecule has 0 radical (unpaired) electrons. The molecule has 0 spiro atoms. The lowest BCUT2D eigenvalue weighted by Gasteiger charge is -2.42. The first-order valence-electron chi connectivity index (χ1n) is 4.12. The minimum absolute atomic E-state index is 0.337. The van der Waals surface area contributed by atoms with Crippen LogP contribution in [0.4, 0.5) is 0 Å². The number of hydrogen-bond acceptors (Lipinski definition) is 2. The second-order valence-corrected chi connectivity index (χ2v) is 3.39. The number of rotatable bonds is 3. The summed E-state index contributed by atoms with van der Waals surface area (Å²) in [4.78, 5) is 10.7. The molecule has 11 heavy (non-hydrogen) atoms. The van der Waals surface area contributed by atoms with Crippen molar-refractivity contribution in [2.75, 3.05) is 0 Å².